The van der Waals surface area contributed by atoms with Gasteiger partial charge in [0.25, 0.3) is 5.69 Å². The van der Waals surface area contributed by atoms with Crippen LogP contribution < -0.4 is 0 Å². The summed E-state index contributed by atoms with van der Waals surface area (Å²) in [6.45, 7) is 1.45. The molecule has 0 fully saturated rings. The Morgan fingerprint density at radius 2 is 1.54 bits per heavy atom. The van der Waals surface area contributed by atoms with Crippen LogP contribution in [0.3, 0.4) is 0 Å². The summed E-state index contributed by atoms with van der Waals surface area (Å²) in [5.74, 6) is -3.82. The van der Waals surface area contributed by atoms with Gasteiger partial charge in [0.2, 0.25) is 0 Å². The maximum absolute atomic E-state index is 12.5. The summed E-state index contributed by atoms with van der Waals surface area (Å²) in [7, 11) is 2.08. The fourth-order valence-corrected chi connectivity index (χ4v) is 1.95. The number of carbonyl (C=O) groups excluding carboxylic acids is 4. The molecule has 0 saturated carbocycles. The first-order chi connectivity index (χ1) is 13.2. The number of methoxy groups -OCH3 is 2. The second-order valence-corrected chi connectivity index (χ2v) is 5.02. The maximum atomic E-state index is 12.5. The lowest BCUT2D eigenvalue weighted by atomic mass is 10.0. The number of ether oxygens (including phenoxy) is 3. The third-order valence-corrected chi connectivity index (χ3v) is 3.29. The number of nitrogens with zero attached hydrogens (tertiary/aromatic N) is 1. The second kappa shape index (κ2) is 10.4. The molecule has 1 rings (SSSR count). The molecule has 0 radical (unpaired) electrons. The van der Waals surface area contributed by atoms with Crippen molar-refractivity contribution in [2.75, 3.05) is 20.8 Å². The highest BCUT2D eigenvalue weighted by Crippen LogP contribution is 2.18. The van der Waals surface area contributed by atoms with Crippen LogP contribution in [-0.2, 0) is 28.6 Å². The first kappa shape index (κ1) is 22.2. The lowest BCUT2D eigenvalue weighted by Crippen LogP contribution is -2.19. The van der Waals surface area contributed by atoms with Crippen molar-refractivity contribution in [1.82, 2.24) is 0 Å². The third kappa shape index (κ3) is 5.87. The molecule has 0 atom stereocenters. The van der Waals surface area contributed by atoms with Crippen molar-refractivity contribution in [3.8, 4) is 0 Å². The molecule has 1 aromatic carbocycles. The van der Waals surface area contributed by atoms with Crippen molar-refractivity contribution in [3.05, 3.63) is 63.2 Å². The molecule has 0 amide bonds. The van der Waals surface area contributed by atoms with Crippen LogP contribution in [-0.4, -0.2) is 49.4 Å². The molecular weight excluding hydrogens is 374 g/mol. The summed E-state index contributed by atoms with van der Waals surface area (Å²) in [6.07, 6.45) is 1.47. The monoisotopic (exact) mass is 391 g/mol. The number of esters is 3. The molecule has 0 N–H and O–H groups in total. The number of non-ortho nitro benzene ring substituents is 1. The molecule has 28 heavy (non-hydrogen) atoms. The SMILES string of the molecule is CCOC(=O)C(=C\C(=O)c1ccc([N+](=O)[O-])cc1)/C(=C/C(=O)OC)C(=O)OC. The summed E-state index contributed by atoms with van der Waals surface area (Å²) in [5, 5.41) is 10.7. The van der Waals surface area contributed by atoms with E-state index in [2.05, 4.69) is 9.47 Å². The topological polar surface area (TPSA) is 139 Å². The molecule has 0 saturated heterocycles. The molecule has 0 heterocycles. The average molecular weight is 391 g/mol. The summed E-state index contributed by atoms with van der Waals surface area (Å²) in [4.78, 5) is 58.3. The van der Waals surface area contributed by atoms with E-state index in [0.717, 1.165) is 32.4 Å². The van der Waals surface area contributed by atoms with Gasteiger partial charge in [-0.05, 0) is 19.1 Å². The normalized spacial score (nSPS) is 11.4. The number of hydrogen-bond donors (Lipinski definition) is 0. The van der Waals surface area contributed by atoms with Crippen LogP contribution in [0.25, 0.3) is 0 Å². The molecule has 0 spiro atoms. The maximum Gasteiger partial charge on any atom is 0.339 e. The zero-order valence-electron chi connectivity index (χ0n) is 15.3. The van der Waals surface area contributed by atoms with Crippen LogP contribution >= 0.6 is 0 Å². The van der Waals surface area contributed by atoms with Crippen molar-refractivity contribution in [1.29, 1.82) is 0 Å². The fraction of sp³-hybridized carbons (Fsp3) is 0.222. The van der Waals surface area contributed by atoms with Gasteiger partial charge in [-0.2, -0.15) is 0 Å². The van der Waals surface area contributed by atoms with Gasteiger partial charge in [-0.1, -0.05) is 0 Å². The summed E-state index contributed by atoms with van der Waals surface area (Å²) in [6, 6.07) is 4.58. The van der Waals surface area contributed by atoms with E-state index in [0.29, 0.717) is 6.08 Å². The standard InChI is InChI=1S/C18H17NO9/c1-4-28-18(23)13(14(17(22)27-3)10-16(21)26-2)9-15(20)11-5-7-12(8-6-11)19(24)25/h5-10H,4H2,1-3H3/b13-9-,14-10-. The molecule has 0 aromatic heterocycles. The van der Waals surface area contributed by atoms with Crippen molar-refractivity contribution in [3.63, 3.8) is 0 Å². The summed E-state index contributed by atoms with van der Waals surface area (Å²) < 4.78 is 13.8. The van der Waals surface area contributed by atoms with Gasteiger partial charge in [-0.15, -0.1) is 0 Å². The number of ketones is 1. The largest absolute Gasteiger partial charge is 0.466 e. The third-order valence-electron chi connectivity index (χ3n) is 3.29. The van der Waals surface area contributed by atoms with E-state index < -0.39 is 39.8 Å². The van der Waals surface area contributed by atoms with Gasteiger partial charge in [0.15, 0.2) is 5.78 Å². The lowest BCUT2D eigenvalue weighted by Gasteiger charge is -2.09. The van der Waals surface area contributed by atoms with Crippen LogP contribution in [0, 0.1) is 10.1 Å². The number of allylic oxidation sites excluding steroid dienone is 1. The first-order valence-corrected chi connectivity index (χ1v) is 7.81. The Morgan fingerprint density at radius 1 is 0.964 bits per heavy atom. The lowest BCUT2D eigenvalue weighted by molar-refractivity contribution is -0.384. The van der Waals surface area contributed by atoms with Crippen LogP contribution in [0.2, 0.25) is 0 Å². The highest BCUT2D eigenvalue weighted by molar-refractivity contribution is 6.16. The number of benzene rings is 1. The van der Waals surface area contributed by atoms with Gasteiger partial charge >= 0.3 is 17.9 Å². The fourth-order valence-electron chi connectivity index (χ4n) is 1.95. The molecular formula is C18H17NO9. The van der Waals surface area contributed by atoms with Crippen LogP contribution in [0.4, 0.5) is 5.69 Å². The average Bonchev–Trinajstić information content (AvgIpc) is 2.69. The minimum atomic E-state index is -1.07. The predicted octanol–water partition coefficient (Wildman–Crippen LogP) is 1.54. The van der Waals surface area contributed by atoms with Crippen LogP contribution in [0.1, 0.15) is 17.3 Å². The van der Waals surface area contributed by atoms with Crippen molar-refractivity contribution in [2.24, 2.45) is 0 Å². The summed E-state index contributed by atoms with van der Waals surface area (Å²) in [5.41, 5.74) is -1.29. The Balaban J connectivity index is 3.45. The number of nitro benzene ring substituents is 1. The Kier molecular flexibility index (Phi) is 8.22. The van der Waals surface area contributed by atoms with E-state index in [9.17, 15) is 29.3 Å². The molecule has 0 aliphatic carbocycles. The Bertz CT molecular complexity index is 850. The van der Waals surface area contributed by atoms with Gasteiger partial charge in [0, 0.05) is 29.8 Å². The molecule has 148 valence electrons. The molecule has 0 aliphatic rings. The summed E-state index contributed by atoms with van der Waals surface area (Å²) >= 11 is 0. The molecule has 1 aromatic rings. The van der Waals surface area contributed by atoms with E-state index in [1.165, 1.54) is 19.1 Å². The van der Waals surface area contributed by atoms with Gasteiger partial charge < -0.3 is 14.2 Å². The quantitative estimate of drug-likeness (QED) is 0.123. The highest BCUT2D eigenvalue weighted by atomic mass is 16.6. The van der Waals surface area contributed by atoms with E-state index >= 15 is 0 Å². The van der Waals surface area contributed by atoms with E-state index in [1.54, 1.807) is 0 Å². The molecule has 0 aliphatic heterocycles. The minimum Gasteiger partial charge on any atom is -0.466 e. The zero-order chi connectivity index (χ0) is 21.3. The second-order valence-electron chi connectivity index (χ2n) is 5.02. The van der Waals surface area contributed by atoms with E-state index in [-0.39, 0.29) is 17.9 Å². The van der Waals surface area contributed by atoms with Gasteiger partial charge in [0.1, 0.15) is 0 Å². The Labute approximate surface area is 159 Å². The van der Waals surface area contributed by atoms with E-state index in [1.807, 2.05) is 0 Å². The van der Waals surface area contributed by atoms with E-state index in [4.69, 9.17) is 4.74 Å². The number of carbonyl (C=O) groups is 4. The predicted molar refractivity (Wildman–Crippen MR) is 94.3 cm³/mol. The number of nitro groups is 1. The Hall–Kier alpha value is -3.82. The molecule has 0 unspecified atom stereocenters. The van der Waals surface area contributed by atoms with Gasteiger partial charge in [-0.3, -0.25) is 14.9 Å². The highest BCUT2D eigenvalue weighted by Gasteiger charge is 2.25. The van der Waals surface area contributed by atoms with Crippen LogP contribution in [0.5, 0.6) is 0 Å². The first-order valence-electron chi connectivity index (χ1n) is 7.81. The minimum absolute atomic E-state index is 0.00897. The van der Waals surface area contributed by atoms with Gasteiger partial charge in [0.05, 0.1) is 36.9 Å². The molecule has 10 heteroatoms. The van der Waals surface area contributed by atoms with Crippen molar-refractivity contribution in [2.45, 2.75) is 6.92 Å². The van der Waals surface area contributed by atoms with Crippen LogP contribution in [0.15, 0.2) is 47.6 Å². The smallest absolute Gasteiger partial charge is 0.339 e. The molecule has 10 nitrogen and oxygen atoms in total. The zero-order valence-corrected chi connectivity index (χ0v) is 15.3. The number of rotatable bonds is 8. The van der Waals surface area contributed by atoms with Crippen molar-refractivity contribution < 1.29 is 38.3 Å². The van der Waals surface area contributed by atoms with Crippen molar-refractivity contribution >= 4 is 29.4 Å². The Morgan fingerprint density at radius 3 is 2.00 bits per heavy atom. The molecule has 0 bridgehead atoms. The van der Waals surface area contributed by atoms with Gasteiger partial charge in [-0.25, -0.2) is 14.4 Å². The number of hydrogen-bond acceptors (Lipinski definition) is 9.